The summed E-state index contributed by atoms with van der Waals surface area (Å²) in [5.74, 6) is 0.291. The Bertz CT molecular complexity index is 136. The van der Waals surface area contributed by atoms with Crippen LogP contribution in [0.15, 0.2) is 0 Å². The van der Waals surface area contributed by atoms with E-state index in [1.807, 2.05) is 0 Å². The third-order valence-corrected chi connectivity index (χ3v) is 2.65. The molecule has 1 saturated carbocycles. The van der Waals surface area contributed by atoms with E-state index in [1.54, 1.807) is 0 Å². The maximum atomic E-state index is 10.1. The van der Waals surface area contributed by atoms with Gasteiger partial charge in [-0.2, -0.15) is 0 Å². The van der Waals surface area contributed by atoms with Crippen molar-refractivity contribution in [3.05, 3.63) is 0 Å². The van der Waals surface area contributed by atoms with Crippen LogP contribution >= 0.6 is 0 Å². The minimum absolute atomic E-state index is 0.291. The van der Waals surface area contributed by atoms with Crippen LogP contribution in [-0.4, -0.2) is 27.1 Å². The first-order valence-electron chi connectivity index (χ1n) is 4.08. The molecule has 0 amide bonds. The lowest BCUT2D eigenvalue weighted by atomic mass is 9.93. The Balaban J connectivity index is 1.83. The van der Waals surface area contributed by atoms with Crippen LogP contribution in [0.2, 0.25) is 0 Å². The van der Waals surface area contributed by atoms with Gasteiger partial charge < -0.3 is 9.87 Å². The highest BCUT2D eigenvalue weighted by atomic mass is 32.2. The third-order valence-electron chi connectivity index (χ3n) is 2.03. The maximum Gasteiger partial charge on any atom is 0.0114 e. The summed E-state index contributed by atoms with van der Waals surface area (Å²) in [5, 5.41) is 3.30. The van der Waals surface area contributed by atoms with Crippen molar-refractivity contribution in [3.8, 4) is 0 Å². The van der Waals surface area contributed by atoms with E-state index in [0.29, 0.717) is 11.8 Å². The molecule has 0 saturated heterocycles. The van der Waals surface area contributed by atoms with Gasteiger partial charge in [0.05, 0.1) is 0 Å². The molecule has 4 heteroatoms. The average Bonchev–Trinajstić information content (AvgIpc) is 1.82. The highest BCUT2D eigenvalue weighted by Crippen LogP contribution is 2.17. The fourth-order valence-electron chi connectivity index (χ4n) is 1.11. The molecule has 1 rings (SSSR count). The van der Waals surface area contributed by atoms with Gasteiger partial charge in [-0.25, -0.2) is 0 Å². The second-order valence-corrected chi connectivity index (χ2v) is 3.96. The summed E-state index contributed by atoms with van der Waals surface area (Å²) >= 11 is -1.85. The van der Waals surface area contributed by atoms with E-state index in [0.717, 1.165) is 13.0 Å². The van der Waals surface area contributed by atoms with Crippen molar-refractivity contribution in [1.82, 2.24) is 5.32 Å². The minimum atomic E-state index is -1.85. The van der Waals surface area contributed by atoms with Gasteiger partial charge in [0.25, 0.3) is 0 Å². The van der Waals surface area contributed by atoms with Gasteiger partial charge >= 0.3 is 0 Å². The summed E-state index contributed by atoms with van der Waals surface area (Å²) in [6.07, 6.45) is 4.60. The molecule has 0 spiro atoms. The zero-order valence-electron chi connectivity index (χ0n) is 6.54. The molecule has 1 fully saturated rings. The number of nitrogens with one attached hydrogen (secondary N) is 1. The molecule has 3 nitrogen and oxygen atoms in total. The van der Waals surface area contributed by atoms with Crippen LogP contribution in [0.25, 0.3) is 0 Å². The molecule has 66 valence electrons. The lowest BCUT2D eigenvalue weighted by Gasteiger charge is -2.26. The van der Waals surface area contributed by atoms with Gasteiger partial charge in [0, 0.05) is 11.8 Å². The smallest absolute Gasteiger partial charge is 0.0114 e. The number of rotatable bonds is 5. The molecule has 0 aromatic rings. The molecular formula is C7H14NO2S-. The molecule has 0 aromatic heterocycles. The molecule has 0 aliphatic heterocycles. The molecule has 1 aliphatic carbocycles. The first-order chi connectivity index (χ1) is 5.29. The van der Waals surface area contributed by atoms with Crippen LogP contribution in [0.5, 0.6) is 0 Å². The van der Waals surface area contributed by atoms with Crippen LogP contribution < -0.4 is 5.32 Å². The Morgan fingerprint density at radius 3 is 2.73 bits per heavy atom. The Hall–Kier alpha value is 0.0700. The highest BCUT2D eigenvalue weighted by molar-refractivity contribution is 7.79. The van der Waals surface area contributed by atoms with E-state index < -0.39 is 11.1 Å². The molecule has 0 heterocycles. The normalized spacial score (nSPS) is 21.2. The van der Waals surface area contributed by atoms with E-state index in [4.69, 9.17) is 0 Å². The van der Waals surface area contributed by atoms with Gasteiger partial charge in [0.15, 0.2) is 0 Å². The Morgan fingerprint density at radius 1 is 1.55 bits per heavy atom. The van der Waals surface area contributed by atoms with Crippen LogP contribution in [0, 0.1) is 0 Å². The summed E-state index contributed by atoms with van der Waals surface area (Å²) < 4.78 is 20.2. The average molecular weight is 176 g/mol. The van der Waals surface area contributed by atoms with Gasteiger partial charge in [0.2, 0.25) is 0 Å². The number of hydrogen-bond donors (Lipinski definition) is 1. The van der Waals surface area contributed by atoms with E-state index >= 15 is 0 Å². The van der Waals surface area contributed by atoms with Crippen LogP contribution in [-0.2, 0) is 11.1 Å². The molecule has 1 unspecified atom stereocenters. The van der Waals surface area contributed by atoms with Crippen LogP contribution in [0.4, 0.5) is 0 Å². The van der Waals surface area contributed by atoms with E-state index in [-0.39, 0.29) is 0 Å². The summed E-state index contributed by atoms with van der Waals surface area (Å²) in [6.45, 7) is 0.846. The van der Waals surface area contributed by atoms with Crippen molar-refractivity contribution >= 4 is 11.1 Å². The molecule has 0 aromatic carbocycles. The Labute approximate surface area is 69.9 Å². The standard InChI is InChI=1S/C7H15NO2S/c9-11(10)6-2-5-8-7-3-1-4-7/h7-8H,1-6H2,(H,9,10)/p-1. The molecular weight excluding hydrogens is 162 g/mol. The number of hydrogen-bond acceptors (Lipinski definition) is 3. The van der Waals surface area contributed by atoms with Crippen molar-refractivity contribution in [1.29, 1.82) is 0 Å². The van der Waals surface area contributed by atoms with Crippen molar-refractivity contribution in [2.45, 2.75) is 31.7 Å². The zero-order chi connectivity index (χ0) is 8.10. The van der Waals surface area contributed by atoms with Gasteiger partial charge in [-0.15, -0.1) is 0 Å². The Morgan fingerprint density at radius 2 is 2.27 bits per heavy atom. The van der Waals surface area contributed by atoms with Crippen molar-refractivity contribution in [2.24, 2.45) is 0 Å². The second-order valence-electron chi connectivity index (χ2n) is 2.94. The second kappa shape index (κ2) is 4.85. The minimum Gasteiger partial charge on any atom is -0.772 e. The summed E-state index contributed by atoms with van der Waals surface area (Å²) in [4.78, 5) is 0. The van der Waals surface area contributed by atoms with Crippen molar-refractivity contribution in [2.75, 3.05) is 12.3 Å². The molecule has 11 heavy (non-hydrogen) atoms. The molecule has 1 atom stereocenters. The molecule has 0 radical (unpaired) electrons. The fraction of sp³-hybridized carbons (Fsp3) is 1.00. The quantitative estimate of drug-likeness (QED) is 0.487. The predicted molar refractivity (Wildman–Crippen MR) is 44.0 cm³/mol. The maximum absolute atomic E-state index is 10.1. The van der Waals surface area contributed by atoms with Crippen LogP contribution in [0.3, 0.4) is 0 Å². The van der Waals surface area contributed by atoms with Gasteiger partial charge in [-0.05, 0) is 25.8 Å². The first kappa shape index (κ1) is 9.16. The summed E-state index contributed by atoms with van der Waals surface area (Å²) in [5.41, 5.74) is 0. The fourth-order valence-corrected chi connectivity index (χ4v) is 1.49. The third kappa shape index (κ3) is 3.84. The van der Waals surface area contributed by atoms with Gasteiger partial charge in [0.1, 0.15) is 0 Å². The highest BCUT2D eigenvalue weighted by Gasteiger charge is 2.15. The SMILES string of the molecule is O=S([O-])CCCNC1CCC1. The summed E-state index contributed by atoms with van der Waals surface area (Å²) in [7, 11) is 0. The molecule has 1 N–H and O–H groups in total. The van der Waals surface area contributed by atoms with Crippen LogP contribution in [0.1, 0.15) is 25.7 Å². The lowest BCUT2D eigenvalue weighted by Crippen LogP contribution is -2.35. The Kier molecular flexibility index (Phi) is 4.04. The van der Waals surface area contributed by atoms with Crippen molar-refractivity contribution in [3.63, 3.8) is 0 Å². The summed E-state index contributed by atoms with van der Waals surface area (Å²) in [6, 6.07) is 0.676. The molecule has 1 aliphatic rings. The van der Waals surface area contributed by atoms with E-state index in [9.17, 15) is 8.76 Å². The molecule has 0 bridgehead atoms. The lowest BCUT2D eigenvalue weighted by molar-refractivity contribution is 0.341. The van der Waals surface area contributed by atoms with E-state index in [1.165, 1.54) is 19.3 Å². The first-order valence-corrected chi connectivity index (χ1v) is 5.32. The zero-order valence-corrected chi connectivity index (χ0v) is 7.36. The van der Waals surface area contributed by atoms with Gasteiger partial charge in [-0.3, -0.25) is 4.21 Å². The monoisotopic (exact) mass is 176 g/mol. The largest absolute Gasteiger partial charge is 0.772 e. The van der Waals surface area contributed by atoms with Gasteiger partial charge in [-0.1, -0.05) is 17.5 Å². The predicted octanol–water partition coefficient (Wildman–Crippen LogP) is 0.398. The van der Waals surface area contributed by atoms with Crippen molar-refractivity contribution < 1.29 is 8.76 Å². The van der Waals surface area contributed by atoms with E-state index in [2.05, 4.69) is 5.32 Å². The topological polar surface area (TPSA) is 52.2 Å².